The molecular formula is C13H13N5. The summed E-state index contributed by atoms with van der Waals surface area (Å²) < 4.78 is 0. The third kappa shape index (κ3) is 1.84. The number of hydrogen-bond donors (Lipinski definition) is 2. The number of imidazole rings is 1. The molecule has 3 rings (SSSR count). The summed E-state index contributed by atoms with van der Waals surface area (Å²) in [6.07, 6.45) is 3.55. The molecule has 3 heterocycles. The number of H-pyrrole nitrogens is 1. The first kappa shape index (κ1) is 10.9. The van der Waals surface area contributed by atoms with Crippen molar-refractivity contribution in [3.8, 4) is 11.4 Å². The van der Waals surface area contributed by atoms with Crippen LogP contribution >= 0.6 is 0 Å². The molecule has 0 fully saturated rings. The largest absolute Gasteiger partial charge is 0.337 e. The smallest absolute Gasteiger partial charge is 0.178 e. The average Bonchev–Trinajstić information content (AvgIpc) is 2.81. The molecule has 0 amide bonds. The Kier molecular flexibility index (Phi) is 2.53. The third-order valence-corrected chi connectivity index (χ3v) is 2.77. The Morgan fingerprint density at radius 3 is 3.00 bits per heavy atom. The average molecular weight is 239 g/mol. The van der Waals surface area contributed by atoms with Crippen molar-refractivity contribution in [2.75, 3.05) is 0 Å². The van der Waals surface area contributed by atoms with Crippen molar-refractivity contribution in [2.24, 2.45) is 5.73 Å². The molecule has 18 heavy (non-hydrogen) atoms. The van der Waals surface area contributed by atoms with E-state index in [9.17, 15) is 0 Å². The normalized spacial score (nSPS) is 11.0. The zero-order chi connectivity index (χ0) is 12.5. The van der Waals surface area contributed by atoms with Crippen molar-refractivity contribution in [1.29, 1.82) is 0 Å². The highest BCUT2D eigenvalue weighted by Gasteiger charge is 2.07. The Hall–Kier alpha value is -2.27. The fourth-order valence-electron chi connectivity index (χ4n) is 1.88. The molecule has 0 saturated carbocycles. The van der Waals surface area contributed by atoms with Gasteiger partial charge in [0.25, 0.3) is 0 Å². The predicted molar refractivity (Wildman–Crippen MR) is 69.7 cm³/mol. The molecule has 5 nitrogen and oxygen atoms in total. The minimum atomic E-state index is 0.422. The second-order valence-electron chi connectivity index (χ2n) is 4.21. The van der Waals surface area contributed by atoms with Crippen molar-refractivity contribution >= 4 is 11.2 Å². The first-order valence-electron chi connectivity index (χ1n) is 5.74. The summed E-state index contributed by atoms with van der Waals surface area (Å²) in [4.78, 5) is 16.2. The van der Waals surface area contributed by atoms with Gasteiger partial charge in [0.2, 0.25) is 0 Å². The zero-order valence-corrected chi connectivity index (χ0v) is 10.0. The zero-order valence-electron chi connectivity index (χ0n) is 10.0. The van der Waals surface area contributed by atoms with E-state index in [0.29, 0.717) is 6.54 Å². The second kappa shape index (κ2) is 4.19. The lowest BCUT2D eigenvalue weighted by Gasteiger charge is -1.98. The van der Waals surface area contributed by atoms with Gasteiger partial charge in [-0.1, -0.05) is 0 Å². The summed E-state index contributed by atoms with van der Waals surface area (Å²) in [5.41, 5.74) is 10.2. The maximum Gasteiger partial charge on any atom is 0.178 e. The Labute approximate surface area is 104 Å². The first-order valence-corrected chi connectivity index (χ1v) is 5.74. The highest BCUT2D eigenvalue weighted by atomic mass is 15.0. The molecule has 0 bridgehead atoms. The Balaban J connectivity index is 2.13. The van der Waals surface area contributed by atoms with E-state index >= 15 is 0 Å². The fourth-order valence-corrected chi connectivity index (χ4v) is 1.88. The molecule has 0 spiro atoms. The molecule has 0 aliphatic rings. The van der Waals surface area contributed by atoms with Crippen LogP contribution in [0, 0.1) is 6.92 Å². The monoisotopic (exact) mass is 239 g/mol. The lowest BCUT2D eigenvalue weighted by molar-refractivity contribution is 0.990. The molecule has 0 aromatic carbocycles. The number of rotatable bonds is 2. The predicted octanol–water partition coefficient (Wildman–Crippen LogP) is 1.79. The van der Waals surface area contributed by atoms with E-state index in [0.717, 1.165) is 33.8 Å². The van der Waals surface area contributed by atoms with Crippen LogP contribution < -0.4 is 5.73 Å². The van der Waals surface area contributed by atoms with Crippen LogP contribution in [0.1, 0.15) is 11.3 Å². The molecule has 0 unspecified atom stereocenters. The minimum absolute atomic E-state index is 0.422. The van der Waals surface area contributed by atoms with E-state index in [2.05, 4.69) is 19.9 Å². The number of aryl methyl sites for hydroxylation is 1. The van der Waals surface area contributed by atoms with Gasteiger partial charge in [-0.3, -0.25) is 4.98 Å². The van der Waals surface area contributed by atoms with Crippen molar-refractivity contribution in [3.05, 3.63) is 41.9 Å². The molecule has 0 radical (unpaired) electrons. The van der Waals surface area contributed by atoms with Crippen LogP contribution in [0.2, 0.25) is 0 Å². The Morgan fingerprint density at radius 1 is 1.28 bits per heavy atom. The van der Waals surface area contributed by atoms with Gasteiger partial charge in [0, 0.05) is 24.5 Å². The third-order valence-electron chi connectivity index (χ3n) is 2.77. The van der Waals surface area contributed by atoms with Gasteiger partial charge in [0.15, 0.2) is 5.65 Å². The Bertz CT molecular complexity index is 701. The highest BCUT2D eigenvalue weighted by Crippen LogP contribution is 2.19. The van der Waals surface area contributed by atoms with Gasteiger partial charge < -0.3 is 10.7 Å². The molecule has 3 N–H and O–H groups in total. The molecule has 0 atom stereocenters. The van der Waals surface area contributed by atoms with Gasteiger partial charge in [-0.25, -0.2) is 9.97 Å². The number of nitrogens with two attached hydrogens (primary N) is 1. The molecule has 3 aromatic heterocycles. The molecule has 3 aromatic rings. The van der Waals surface area contributed by atoms with Gasteiger partial charge >= 0.3 is 0 Å². The van der Waals surface area contributed by atoms with Crippen molar-refractivity contribution in [1.82, 2.24) is 19.9 Å². The van der Waals surface area contributed by atoms with Crippen LogP contribution in [-0.4, -0.2) is 19.9 Å². The number of aromatic nitrogens is 4. The summed E-state index contributed by atoms with van der Waals surface area (Å²) in [6, 6.07) is 5.87. The molecule has 90 valence electrons. The summed E-state index contributed by atoms with van der Waals surface area (Å²) in [6.45, 7) is 2.43. The SMILES string of the molecule is Cc1cnc2nc(-c3ccnc(CN)c3)[nH]c2c1. The molecule has 0 saturated heterocycles. The lowest BCUT2D eigenvalue weighted by atomic mass is 10.2. The number of pyridine rings is 2. The molecule has 0 aliphatic heterocycles. The quantitative estimate of drug-likeness (QED) is 0.714. The number of fused-ring (bicyclic) bond motifs is 1. The van der Waals surface area contributed by atoms with Crippen LogP contribution in [0.3, 0.4) is 0 Å². The van der Waals surface area contributed by atoms with Crippen LogP contribution in [0.4, 0.5) is 0 Å². The molecular weight excluding hydrogens is 226 g/mol. The summed E-state index contributed by atoms with van der Waals surface area (Å²) >= 11 is 0. The van der Waals surface area contributed by atoms with E-state index in [-0.39, 0.29) is 0 Å². The first-order chi connectivity index (χ1) is 8.76. The van der Waals surface area contributed by atoms with Crippen molar-refractivity contribution in [3.63, 3.8) is 0 Å². The maximum atomic E-state index is 5.59. The van der Waals surface area contributed by atoms with Gasteiger partial charge in [0.1, 0.15) is 5.82 Å². The van der Waals surface area contributed by atoms with Crippen LogP contribution in [0.25, 0.3) is 22.6 Å². The summed E-state index contributed by atoms with van der Waals surface area (Å²) in [7, 11) is 0. The number of nitrogens with one attached hydrogen (secondary N) is 1. The number of aromatic amines is 1. The van der Waals surface area contributed by atoms with Crippen molar-refractivity contribution < 1.29 is 0 Å². The van der Waals surface area contributed by atoms with Crippen LogP contribution in [0.15, 0.2) is 30.6 Å². The van der Waals surface area contributed by atoms with E-state index in [1.807, 2.05) is 31.3 Å². The summed E-state index contributed by atoms with van der Waals surface area (Å²) in [5, 5.41) is 0. The van der Waals surface area contributed by atoms with Crippen LogP contribution in [-0.2, 0) is 6.54 Å². The topological polar surface area (TPSA) is 80.5 Å². The van der Waals surface area contributed by atoms with E-state index in [1.54, 1.807) is 6.20 Å². The summed E-state index contributed by atoms with van der Waals surface area (Å²) in [5.74, 6) is 0.792. The Morgan fingerprint density at radius 2 is 2.17 bits per heavy atom. The lowest BCUT2D eigenvalue weighted by Crippen LogP contribution is -1.99. The molecule has 5 heteroatoms. The van der Waals surface area contributed by atoms with Gasteiger partial charge in [-0.15, -0.1) is 0 Å². The van der Waals surface area contributed by atoms with E-state index < -0.39 is 0 Å². The second-order valence-corrected chi connectivity index (χ2v) is 4.21. The standard InChI is InChI=1S/C13H13N5/c1-8-4-11-13(16-7-8)18-12(17-11)9-2-3-15-10(5-9)6-14/h2-5,7H,6,14H2,1H3,(H,16,17,18). The van der Waals surface area contributed by atoms with Gasteiger partial charge in [-0.05, 0) is 30.7 Å². The fraction of sp³-hybridized carbons (Fsp3) is 0.154. The number of hydrogen-bond acceptors (Lipinski definition) is 4. The minimum Gasteiger partial charge on any atom is -0.337 e. The van der Waals surface area contributed by atoms with E-state index in [1.165, 1.54) is 0 Å². The number of nitrogens with zero attached hydrogens (tertiary/aromatic N) is 3. The maximum absolute atomic E-state index is 5.59. The van der Waals surface area contributed by atoms with Crippen LogP contribution in [0.5, 0.6) is 0 Å². The van der Waals surface area contributed by atoms with E-state index in [4.69, 9.17) is 5.73 Å². The van der Waals surface area contributed by atoms with Gasteiger partial charge in [-0.2, -0.15) is 0 Å². The molecule has 0 aliphatic carbocycles. The van der Waals surface area contributed by atoms with Gasteiger partial charge in [0.05, 0.1) is 11.2 Å². The highest BCUT2D eigenvalue weighted by molar-refractivity contribution is 5.76. The van der Waals surface area contributed by atoms with Crippen molar-refractivity contribution in [2.45, 2.75) is 13.5 Å².